The SMILES string of the molecule is CNC(=O)N[C@@H]1CC2(CCNCC2)c2ccc(C)cc21. The van der Waals surface area contributed by atoms with Crippen LogP contribution in [-0.2, 0) is 5.41 Å². The maximum absolute atomic E-state index is 11.7. The predicted molar refractivity (Wildman–Crippen MR) is 79.9 cm³/mol. The first-order valence-electron chi connectivity index (χ1n) is 7.45. The molecule has 0 saturated carbocycles. The molecular formula is C16H23N3O. The molecule has 1 fully saturated rings. The van der Waals surface area contributed by atoms with Crippen LogP contribution in [0.15, 0.2) is 18.2 Å². The summed E-state index contributed by atoms with van der Waals surface area (Å²) in [6.45, 7) is 4.25. The summed E-state index contributed by atoms with van der Waals surface area (Å²) >= 11 is 0. The fourth-order valence-corrected chi connectivity index (χ4v) is 3.80. The van der Waals surface area contributed by atoms with Gasteiger partial charge in [0.25, 0.3) is 0 Å². The van der Waals surface area contributed by atoms with Crippen LogP contribution < -0.4 is 16.0 Å². The molecule has 2 amide bonds. The van der Waals surface area contributed by atoms with Crippen molar-refractivity contribution in [2.24, 2.45) is 0 Å². The van der Waals surface area contributed by atoms with Crippen LogP contribution in [0.4, 0.5) is 4.79 Å². The van der Waals surface area contributed by atoms with Gasteiger partial charge >= 0.3 is 6.03 Å². The number of benzene rings is 1. The van der Waals surface area contributed by atoms with Crippen LogP contribution in [0.5, 0.6) is 0 Å². The van der Waals surface area contributed by atoms with E-state index in [1.807, 2.05) is 0 Å². The molecule has 3 N–H and O–H groups in total. The van der Waals surface area contributed by atoms with Crippen molar-refractivity contribution < 1.29 is 4.79 Å². The van der Waals surface area contributed by atoms with Crippen LogP contribution >= 0.6 is 0 Å². The number of amides is 2. The zero-order valence-electron chi connectivity index (χ0n) is 12.3. The molecule has 3 rings (SSSR count). The largest absolute Gasteiger partial charge is 0.341 e. The fraction of sp³-hybridized carbons (Fsp3) is 0.562. The molecule has 1 atom stereocenters. The Balaban J connectivity index is 1.97. The average molecular weight is 273 g/mol. The summed E-state index contributed by atoms with van der Waals surface area (Å²) in [6, 6.07) is 6.77. The standard InChI is InChI=1S/C16H23N3O/c1-11-3-4-13-12(9-11)14(19-15(20)17-2)10-16(13)5-7-18-8-6-16/h3-4,9,14,18H,5-8,10H2,1-2H3,(H2,17,19,20)/t14-/m1/s1. The fourth-order valence-electron chi connectivity index (χ4n) is 3.80. The van der Waals surface area contributed by atoms with Crippen LogP contribution in [0.2, 0.25) is 0 Å². The van der Waals surface area contributed by atoms with Gasteiger partial charge in [0.2, 0.25) is 0 Å². The topological polar surface area (TPSA) is 53.2 Å². The monoisotopic (exact) mass is 273 g/mol. The highest BCUT2D eigenvalue weighted by Crippen LogP contribution is 2.50. The molecule has 1 aromatic carbocycles. The molecule has 4 nitrogen and oxygen atoms in total. The number of carbonyl (C=O) groups excluding carboxylic acids is 1. The summed E-state index contributed by atoms with van der Waals surface area (Å²) in [6.07, 6.45) is 3.35. The van der Waals surface area contributed by atoms with Gasteiger partial charge in [-0.25, -0.2) is 4.79 Å². The van der Waals surface area contributed by atoms with E-state index in [2.05, 4.69) is 41.1 Å². The number of aryl methyl sites for hydroxylation is 1. The molecule has 1 aliphatic carbocycles. The Morgan fingerprint density at radius 2 is 2.10 bits per heavy atom. The minimum Gasteiger partial charge on any atom is -0.341 e. The van der Waals surface area contributed by atoms with Gasteiger partial charge in [0, 0.05) is 12.5 Å². The van der Waals surface area contributed by atoms with E-state index < -0.39 is 0 Å². The predicted octanol–water partition coefficient (Wildman–Crippen LogP) is 1.99. The molecule has 2 aliphatic rings. The van der Waals surface area contributed by atoms with Gasteiger partial charge in [0.15, 0.2) is 0 Å². The molecule has 0 aromatic heterocycles. The highest BCUT2D eigenvalue weighted by atomic mass is 16.2. The zero-order chi connectivity index (χ0) is 14.2. The number of hydrogen-bond donors (Lipinski definition) is 3. The maximum atomic E-state index is 11.7. The van der Waals surface area contributed by atoms with Gasteiger partial charge in [-0.1, -0.05) is 23.8 Å². The molecule has 108 valence electrons. The second-order valence-electron chi connectivity index (χ2n) is 6.10. The highest BCUT2D eigenvalue weighted by Gasteiger charge is 2.44. The van der Waals surface area contributed by atoms with Crippen LogP contribution in [0.3, 0.4) is 0 Å². The van der Waals surface area contributed by atoms with Crippen molar-refractivity contribution in [3.05, 3.63) is 34.9 Å². The lowest BCUT2D eigenvalue weighted by Gasteiger charge is -2.35. The van der Waals surface area contributed by atoms with E-state index in [4.69, 9.17) is 0 Å². The van der Waals surface area contributed by atoms with Gasteiger partial charge in [-0.15, -0.1) is 0 Å². The van der Waals surface area contributed by atoms with Crippen LogP contribution in [-0.4, -0.2) is 26.2 Å². The minimum absolute atomic E-state index is 0.0894. The number of nitrogens with one attached hydrogen (secondary N) is 3. The molecule has 20 heavy (non-hydrogen) atoms. The summed E-state index contributed by atoms with van der Waals surface area (Å²) < 4.78 is 0. The molecule has 0 bridgehead atoms. The highest BCUT2D eigenvalue weighted by molar-refractivity contribution is 5.74. The lowest BCUT2D eigenvalue weighted by Crippen LogP contribution is -2.40. The van der Waals surface area contributed by atoms with E-state index in [-0.39, 0.29) is 17.5 Å². The van der Waals surface area contributed by atoms with E-state index >= 15 is 0 Å². The quantitative estimate of drug-likeness (QED) is 0.733. The molecule has 1 heterocycles. The molecule has 1 saturated heterocycles. The number of piperidine rings is 1. The smallest absolute Gasteiger partial charge is 0.315 e. The molecule has 0 radical (unpaired) electrons. The minimum atomic E-state index is -0.0894. The lowest BCUT2D eigenvalue weighted by atomic mass is 9.74. The third kappa shape index (κ3) is 2.18. The van der Waals surface area contributed by atoms with Gasteiger partial charge in [0.1, 0.15) is 0 Å². The summed E-state index contributed by atoms with van der Waals surface area (Å²) in [5.74, 6) is 0. The first kappa shape index (κ1) is 13.4. The number of carbonyl (C=O) groups is 1. The Bertz CT molecular complexity index is 520. The van der Waals surface area contributed by atoms with Crippen molar-refractivity contribution in [1.29, 1.82) is 0 Å². The van der Waals surface area contributed by atoms with Crippen molar-refractivity contribution >= 4 is 6.03 Å². The average Bonchev–Trinajstić information content (AvgIpc) is 2.73. The summed E-state index contributed by atoms with van der Waals surface area (Å²) in [5, 5.41) is 9.22. The number of fused-ring (bicyclic) bond motifs is 2. The van der Waals surface area contributed by atoms with Crippen molar-refractivity contribution in [3.8, 4) is 0 Å². The van der Waals surface area contributed by atoms with Crippen LogP contribution in [0, 0.1) is 6.92 Å². The first-order chi connectivity index (χ1) is 9.64. The summed E-state index contributed by atoms with van der Waals surface area (Å²) in [5.41, 5.74) is 4.28. The Morgan fingerprint density at radius 1 is 1.35 bits per heavy atom. The normalized spacial score (nSPS) is 23.4. The van der Waals surface area contributed by atoms with Gasteiger partial charge in [-0.2, -0.15) is 0 Å². The molecule has 0 unspecified atom stereocenters. The Labute approximate surface area is 120 Å². The van der Waals surface area contributed by atoms with E-state index in [1.54, 1.807) is 7.05 Å². The lowest BCUT2D eigenvalue weighted by molar-refractivity contribution is 0.233. The number of rotatable bonds is 1. The Hall–Kier alpha value is -1.55. The van der Waals surface area contributed by atoms with Gasteiger partial charge < -0.3 is 16.0 Å². The van der Waals surface area contributed by atoms with Gasteiger partial charge in [0.05, 0.1) is 6.04 Å². The number of hydrogen-bond acceptors (Lipinski definition) is 2. The van der Waals surface area contributed by atoms with Crippen molar-refractivity contribution in [1.82, 2.24) is 16.0 Å². The molecule has 1 aromatic rings. The van der Waals surface area contributed by atoms with Gasteiger partial charge in [-0.3, -0.25) is 0 Å². The van der Waals surface area contributed by atoms with E-state index in [0.717, 1.165) is 32.4 Å². The first-order valence-corrected chi connectivity index (χ1v) is 7.45. The molecular weight excluding hydrogens is 250 g/mol. The van der Waals surface area contributed by atoms with Gasteiger partial charge in [-0.05, 0) is 50.4 Å². The third-order valence-electron chi connectivity index (χ3n) is 4.84. The Morgan fingerprint density at radius 3 is 2.80 bits per heavy atom. The molecule has 1 spiro atoms. The second-order valence-corrected chi connectivity index (χ2v) is 6.10. The van der Waals surface area contributed by atoms with E-state index in [0.29, 0.717) is 0 Å². The van der Waals surface area contributed by atoms with E-state index in [1.165, 1.54) is 16.7 Å². The maximum Gasteiger partial charge on any atom is 0.315 e. The van der Waals surface area contributed by atoms with Crippen molar-refractivity contribution in [3.63, 3.8) is 0 Å². The van der Waals surface area contributed by atoms with Crippen LogP contribution in [0.25, 0.3) is 0 Å². The number of urea groups is 1. The summed E-state index contributed by atoms with van der Waals surface area (Å²) in [7, 11) is 1.67. The van der Waals surface area contributed by atoms with Crippen molar-refractivity contribution in [2.75, 3.05) is 20.1 Å². The molecule has 4 heteroatoms. The second kappa shape index (κ2) is 5.09. The van der Waals surface area contributed by atoms with Crippen molar-refractivity contribution in [2.45, 2.75) is 37.6 Å². The summed E-state index contributed by atoms with van der Waals surface area (Å²) in [4.78, 5) is 11.7. The van der Waals surface area contributed by atoms with Crippen LogP contribution in [0.1, 0.15) is 42.0 Å². The third-order valence-corrected chi connectivity index (χ3v) is 4.84. The Kier molecular flexibility index (Phi) is 3.42. The zero-order valence-corrected chi connectivity index (χ0v) is 12.3. The van der Waals surface area contributed by atoms with E-state index in [9.17, 15) is 4.79 Å². The molecule has 1 aliphatic heterocycles.